The molecule has 1 aromatic carbocycles. The minimum Gasteiger partial charge on any atom is -0.313 e. The van der Waals surface area contributed by atoms with E-state index in [1.165, 1.54) is 31.0 Å². The largest absolute Gasteiger partial charge is 0.313 e. The van der Waals surface area contributed by atoms with Gasteiger partial charge in [0.15, 0.2) is 0 Å². The van der Waals surface area contributed by atoms with Gasteiger partial charge in [-0.15, -0.1) is 0 Å². The first kappa shape index (κ1) is 12.5. The van der Waals surface area contributed by atoms with Crippen molar-refractivity contribution in [3.63, 3.8) is 0 Å². The van der Waals surface area contributed by atoms with Crippen LogP contribution in [0.4, 0.5) is 8.78 Å². The van der Waals surface area contributed by atoms with Crippen LogP contribution >= 0.6 is 0 Å². The fourth-order valence-electron chi connectivity index (χ4n) is 1.95. The lowest BCUT2D eigenvalue weighted by Gasteiger charge is -2.25. The second kappa shape index (κ2) is 4.73. The van der Waals surface area contributed by atoms with E-state index in [1.807, 2.05) is 13.8 Å². The molecule has 1 aliphatic rings. The number of rotatable bonds is 5. The van der Waals surface area contributed by atoms with Gasteiger partial charge in [-0.2, -0.15) is 0 Å². The Hall–Kier alpha value is -0.960. The van der Waals surface area contributed by atoms with Gasteiger partial charge in [0.1, 0.15) is 11.6 Å². The minimum atomic E-state index is -0.440. The number of hydrogen-bond donors (Lipinski definition) is 1. The summed E-state index contributed by atoms with van der Waals surface area (Å²) in [6.07, 6.45) is 2.87. The molecule has 1 saturated carbocycles. The maximum atomic E-state index is 13.5. The van der Waals surface area contributed by atoms with E-state index in [2.05, 4.69) is 5.32 Å². The van der Waals surface area contributed by atoms with E-state index in [0.717, 1.165) is 6.54 Å². The highest BCUT2D eigenvalue weighted by atomic mass is 19.1. The van der Waals surface area contributed by atoms with Crippen LogP contribution in [0.3, 0.4) is 0 Å². The van der Waals surface area contributed by atoms with Crippen molar-refractivity contribution < 1.29 is 8.78 Å². The van der Waals surface area contributed by atoms with Gasteiger partial charge in [0.05, 0.1) is 0 Å². The molecule has 1 fully saturated rings. The number of hydrogen-bond acceptors (Lipinski definition) is 1. The smallest absolute Gasteiger partial charge is 0.129 e. The first-order valence-corrected chi connectivity index (χ1v) is 6.14. The van der Waals surface area contributed by atoms with Gasteiger partial charge >= 0.3 is 0 Å². The van der Waals surface area contributed by atoms with E-state index in [4.69, 9.17) is 0 Å². The van der Waals surface area contributed by atoms with Crippen molar-refractivity contribution in [3.05, 3.63) is 35.4 Å². The van der Waals surface area contributed by atoms with Crippen LogP contribution in [-0.2, 0) is 6.42 Å². The van der Waals surface area contributed by atoms with Gasteiger partial charge in [-0.05, 0) is 36.8 Å². The summed E-state index contributed by atoms with van der Waals surface area (Å²) in [7, 11) is 0. The quantitative estimate of drug-likeness (QED) is 0.831. The molecule has 1 aromatic rings. The maximum absolute atomic E-state index is 13.5. The summed E-state index contributed by atoms with van der Waals surface area (Å²) in [4.78, 5) is 0. The highest BCUT2D eigenvalue weighted by Gasteiger charge is 2.27. The molecular weight excluding hydrogens is 220 g/mol. The van der Waals surface area contributed by atoms with Crippen LogP contribution in [0.5, 0.6) is 0 Å². The Bertz CT molecular complexity index is 377. The van der Waals surface area contributed by atoms with Gasteiger partial charge < -0.3 is 5.32 Å². The van der Waals surface area contributed by atoms with Gasteiger partial charge in [-0.3, -0.25) is 0 Å². The van der Waals surface area contributed by atoms with Crippen molar-refractivity contribution >= 4 is 0 Å². The molecule has 0 saturated heterocycles. The Morgan fingerprint density at radius 3 is 2.35 bits per heavy atom. The lowest BCUT2D eigenvalue weighted by molar-refractivity contribution is 0.326. The highest BCUT2D eigenvalue weighted by Crippen LogP contribution is 2.26. The van der Waals surface area contributed by atoms with E-state index in [1.54, 1.807) is 0 Å². The Balaban J connectivity index is 2.02. The van der Waals surface area contributed by atoms with Crippen LogP contribution in [0, 0.1) is 17.0 Å². The Labute approximate surface area is 101 Å². The molecule has 0 aromatic heterocycles. The fourth-order valence-corrected chi connectivity index (χ4v) is 1.95. The molecule has 1 nitrogen and oxygen atoms in total. The molecule has 0 spiro atoms. The zero-order valence-corrected chi connectivity index (χ0v) is 10.4. The van der Waals surface area contributed by atoms with E-state index >= 15 is 0 Å². The molecule has 94 valence electrons. The monoisotopic (exact) mass is 239 g/mol. The molecule has 0 atom stereocenters. The number of nitrogens with one attached hydrogen (secondary N) is 1. The van der Waals surface area contributed by atoms with Crippen molar-refractivity contribution in [2.75, 3.05) is 6.54 Å². The molecule has 0 heterocycles. The third-order valence-corrected chi connectivity index (χ3v) is 3.16. The van der Waals surface area contributed by atoms with Crippen molar-refractivity contribution in [2.24, 2.45) is 5.41 Å². The topological polar surface area (TPSA) is 12.0 Å². The van der Waals surface area contributed by atoms with Gasteiger partial charge in [-0.25, -0.2) is 8.78 Å². The second-order valence-corrected chi connectivity index (χ2v) is 5.70. The van der Waals surface area contributed by atoms with E-state index < -0.39 is 11.6 Å². The lowest BCUT2D eigenvalue weighted by Crippen LogP contribution is -2.33. The van der Waals surface area contributed by atoms with Crippen LogP contribution in [0.2, 0.25) is 0 Å². The standard InChI is InChI=1S/C14H19F2N/c1-14(2,9-17-10-6-7-10)8-11-12(15)4-3-5-13(11)16/h3-5,10,17H,6-9H2,1-2H3. The molecule has 3 heteroatoms. The van der Waals surface area contributed by atoms with Crippen LogP contribution < -0.4 is 5.32 Å². The molecule has 0 amide bonds. The molecule has 0 aliphatic heterocycles. The van der Waals surface area contributed by atoms with Crippen LogP contribution in [0.25, 0.3) is 0 Å². The predicted octanol–water partition coefficient (Wildman–Crippen LogP) is 3.29. The normalized spacial score (nSPS) is 16.2. The molecule has 0 bridgehead atoms. The summed E-state index contributed by atoms with van der Waals surface area (Å²) >= 11 is 0. The van der Waals surface area contributed by atoms with Crippen molar-refractivity contribution in [3.8, 4) is 0 Å². The molecule has 0 radical (unpaired) electrons. The second-order valence-electron chi connectivity index (χ2n) is 5.70. The van der Waals surface area contributed by atoms with Crippen molar-refractivity contribution in [1.82, 2.24) is 5.32 Å². The first-order valence-electron chi connectivity index (χ1n) is 6.14. The summed E-state index contributed by atoms with van der Waals surface area (Å²) < 4.78 is 27.1. The first-order chi connectivity index (χ1) is 7.98. The lowest BCUT2D eigenvalue weighted by atomic mass is 9.85. The van der Waals surface area contributed by atoms with Gasteiger partial charge in [0.2, 0.25) is 0 Å². The number of halogens is 2. The third kappa shape index (κ3) is 3.50. The van der Waals surface area contributed by atoms with E-state index in [9.17, 15) is 8.78 Å². The van der Waals surface area contributed by atoms with Crippen LogP contribution in [-0.4, -0.2) is 12.6 Å². The summed E-state index contributed by atoms with van der Waals surface area (Å²) in [6.45, 7) is 4.87. The molecule has 17 heavy (non-hydrogen) atoms. The molecule has 2 rings (SSSR count). The van der Waals surface area contributed by atoms with Crippen molar-refractivity contribution in [2.45, 2.75) is 39.2 Å². The number of benzene rings is 1. The van der Waals surface area contributed by atoms with E-state index in [-0.39, 0.29) is 11.0 Å². The predicted molar refractivity (Wildman–Crippen MR) is 64.9 cm³/mol. The minimum absolute atomic E-state index is 0.133. The van der Waals surface area contributed by atoms with Crippen molar-refractivity contribution in [1.29, 1.82) is 0 Å². The summed E-state index contributed by atoms with van der Waals surface area (Å²) in [6, 6.07) is 4.68. The van der Waals surface area contributed by atoms with Gasteiger partial charge in [0, 0.05) is 18.2 Å². The average Bonchev–Trinajstić information content (AvgIpc) is 3.05. The summed E-state index contributed by atoms with van der Waals surface area (Å²) in [5, 5.41) is 3.41. The third-order valence-electron chi connectivity index (χ3n) is 3.16. The molecular formula is C14H19F2N. The maximum Gasteiger partial charge on any atom is 0.129 e. The zero-order chi connectivity index (χ0) is 12.5. The highest BCUT2D eigenvalue weighted by molar-refractivity contribution is 5.21. The summed E-state index contributed by atoms with van der Waals surface area (Å²) in [5.74, 6) is -0.881. The fraction of sp³-hybridized carbons (Fsp3) is 0.571. The molecule has 0 unspecified atom stereocenters. The van der Waals surface area contributed by atoms with Gasteiger partial charge in [0.25, 0.3) is 0 Å². The summed E-state index contributed by atoms with van der Waals surface area (Å²) in [5.41, 5.74) is 0.0705. The van der Waals surface area contributed by atoms with E-state index in [0.29, 0.717) is 12.5 Å². The van der Waals surface area contributed by atoms with Crippen LogP contribution in [0.1, 0.15) is 32.3 Å². The Kier molecular flexibility index (Phi) is 3.48. The SMILES string of the molecule is CC(C)(CNC1CC1)Cc1c(F)cccc1F. The molecule has 1 N–H and O–H groups in total. The Morgan fingerprint density at radius 1 is 1.24 bits per heavy atom. The van der Waals surface area contributed by atoms with Gasteiger partial charge in [-0.1, -0.05) is 19.9 Å². The molecule has 1 aliphatic carbocycles. The average molecular weight is 239 g/mol. The van der Waals surface area contributed by atoms with Crippen LogP contribution in [0.15, 0.2) is 18.2 Å². The zero-order valence-electron chi connectivity index (χ0n) is 10.4. The Morgan fingerprint density at radius 2 is 1.82 bits per heavy atom.